The van der Waals surface area contributed by atoms with E-state index in [4.69, 9.17) is 3.79 Å². The first-order chi connectivity index (χ1) is 5.67. The molecule has 2 atom stereocenters. The molecule has 2 unspecified atom stereocenters. The van der Waals surface area contributed by atoms with Gasteiger partial charge in [0.25, 0.3) is 0 Å². The van der Waals surface area contributed by atoms with Crippen LogP contribution in [0, 0.1) is 0 Å². The molecule has 0 aliphatic rings. The van der Waals surface area contributed by atoms with E-state index in [-0.39, 0.29) is 17.4 Å². The van der Waals surface area contributed by atoms with Gasteiger partial charge in [0.2, 0.25) is 0 Å². The molecule has 0 saturated carbocycles. The maximum atomic E-state index is 5.89. The Morgan fingerprint density at radius 2 is 1.38 bits per heavy atom. The standard InChI is InChI=1S/2C4H9.C2H5O.2Al.3H/c2*1-3-4-2;1-2-3;;;;;/h2*3H,4H2,1-2H3;2H2,1H3;;;;;/q;;-1;;+1;;;. The van der Waals surface area contributed by atoms with Gasteiger partial charge < -0.3 is 3.79 Å². The van der Waals surface area contributed by atoms with Crippen LogP contribution in [0.4, 0.5) is 0 Å². The van der Waals surface area contributed by atoms with E-state index < -0.39 is 14.5 Å². The van der Waals surface area contributed by atoms with E-state index in [0.29, 0.717) is 0 Å². The molecule has 78 valence electrons. The summed E-state index contributed by atoms with van der Waals surface area (Å²) in [5.74, 6) is 0. The minimum atomic E-state index is -0.922. The van der Waals surface area contributed by atoms with Crippen LogP contribution in [-0.4, -0.2) is 38.5 Å². The summed E-state index contributed by atoms with van der Waals surface area (Å²) >= 11 is -0.922. The molecular weight excluding hydrogens is 190 g/mol. The van der Waals surface area contributed by atoms with Gasteiger partial charge in [-0.05, 0) is 6.92 Å². The van der Waals surface area contributed by atoms with Crippen molar-refractivity contribution in [1.29, 1.82) is 0 Å². The highest BCUT2D eigenvalue weighted by Crippen LogP contribution is 2.26. The first kappa shape index (κ1) is 16.5. The average Bonchev–Trinajstić information content (AvgIpc) is 2.11. The van der Waals surface area contributed by atoms with Crippen LogP contribution in [0.5, 0.6) is 0 Å². The Morgan fingerprint density at radius 3 is 1.62 bits per heavy atom. The zero-order chi connectivity index (χ0) is 9.56. The maximum absolute atomic E-state index is 5.89. The van der Waals surface area contributed by atoms with Crippen molar-refractivity contribution < 1.29 is 3.79 Å². The van der Waals surface area contributed by atoms with Crippen LogP contribution < -0.4 is 0 Å². The van der Waals surface area contributed by atoms with Crippen LogP contribution in [0.1, 0.15) is 47.5 Å². The fourth-order valence-electron chi connectivity index (χ4n) is 1.55. The normalized spacial score (nSPS) is 14.5. The van der Waals surface area contributed by atoms with Gasteiger partial charge in [-0.25, -0.2) is 0 Å². The highest BCUT2D eigenvalue weighted by atomic mass is 27.2. The van der Waals surface area contributed by atoms with Crippen molar-refractivity contribution in [1.82, 2.24) is 0 Å². The highest BCUT2D eigenvalue weighted by molar-refractivity contribution is 6.55. The molecule has 0 N–H and O–H groups in total. The van der Waals surface area contributed by atoms with Crippen molar-refractivity contribution in [2.75, 3.05) is 6.61 Å². The summed E-state index contributed by atoms with van der Waals surface area (Å²) in [5.41, 5.74) is 0. The van der Waals surface area contributed by atoms with Crippen LogP contribution in [0.25, 0.3) is 0 Å². The molecule has 0 radical (unpaired) electrons. The minimum absolute atomic E-state index is 0. The molecule has 0 bridgehead atoms. The monoisotopic (exact) mass is 216 g/mol. The van der Waals surface area contributed by atoms with Crippen molar-refractivity contribution >= 4 is 31.8 Å². The zero-order valence-corrected chi connectivity index (χ0v) is 10.4. The van der Waals surface area contributed by atoms with Crippen LogP contribution in [-0.2, 0) is 3.79 Å². The average molecular weight is 216 g/mol. The van der Waals surface area contributed by atoms with Crippen molar-refractivity contribution in [3.63, 3.8) is 0 Å². The van der Waals surface area contributed by atoms with Gasteiger partial charge >= 0.3 is 14.5 Å². The topological polar surface area (TPSA) is 9.23 Å². The second kappa shape index (κ2) is 9.58. The third-order valence-electron chi connectivity index (χ3n) is 2.77. The van der Waals surface area contributed by atoms with Gasteiger partial charge in [-0.3, -0.25) is 0 Å². The van der Waals surface area contributed by atoms with Crippen LogP contribution in [0.15, 0.2) is 0 Å². The van der Waals surface area contributed by atoms with Crippen molar-refractivity contribution in [2.45, 2.75) is 57.0 Å². The second-order valence-electron chi connectivity index (χ2n) is 3.69. The molecule has 0 aliphatic carbocycles. The third kappa shape index (κ3) is 6.17. The Balaban J connectivity index is 0. The lowest BCUT2D eigenvalue weighted by molar-refractivity contribution is 0.324. The smallest absolute Gasteiger partial charge is 0.467 e. The molecule has 13 heavy (non-hydrogen) atoms. The van der Waals surface area contributed by atoms with Gasteiger partial charge in [-0.15, -0.1) is 0 Å². The van der Waals surface area contributed by atoms with E-state index in [1.807, 2.05) is 0 Å². The molecular formula is C10H26Al2O. The fraction of sp³-hybridized carbons (Fsp3) is 1.00. The van der Waals surface area contributed by atoms with Crippen LogP contribution >= 0.6 is 0 Å². The lowest BCUT2D eigenvalue weighted by Crippen LogP contribution is -2.27. The Bertz CT molecular complexity index is 99.1. The second-order valence-corrected chi connectivity index (χ2v) is 7.23. The van der Waals surface area contributed by atoms with E-state index in [2.05, 4.69) is 34.6 Å². The molecule has 0 aromatic rings. The third-order valence-corrected chi connectivity index (χ3v) is 6.67. The van der Waals surface area contributed by atoms with Crippen LogP contribution in [0.2, 0.25) is 9.56 Å². The summed E-state index contributed by atoms with van der Waals surface area (Å²) in [4.78, 5) is 0. The van der Waals surface area contributed by atoms with E-state index in [0.717, 1.165) is 16.2 Å². The summed E-state index contributed by atoms with van der Waals surface area (Å²) in [6.07, 6.45) is 2.56. The van der Waals surface area contributed by atoms with Gasteiger partial charge in [0.05, 0.1) is 0 Å². The van der Waals surface area contributed by atoms with Crippen LogP contribution in [0.3, 0.4) is 0 Å². The Hall–Kier alpha value is 1.02. The van der Waals surface area contributed by atoms with Gasteiger partial charge in [-0.1, -0.05) is 50.1 Å². The molecule has 0 heterocycles. The Labute approximate surface area is 99.1 Å². The van der Waals surface area contributed by atoms with E-state index in [9.17, 15) is 0 Å². The van der Waals surface area contributed by atoms with E-state index >= 15 is 0 Å². The first-order valence-electron chi connectivity index (χ1n) is 5.28. The summed E-state index contributed by atoms with van der Waals surface area (Å²) < 4.78 is 7.55. The summed E-state index contributed by atoms with van der Waals surface area (Å²) in [7, 11) is 0. The summed E-state index contributed by atoms with van der Waals surface area (Å²) in [6, 6.07) is 0. The first-order valence-corrected chi connectivity index (χ1v) is 7.09. The lowest BCUT2D eigenvalue weighted by Gasteiger charge is -2.22. The van der Waals surface area contributed by atoms with Gasteiger partial charge in [0.1, 0.15) is 0 Å². The molecule has 0 aromatic carbocycles. The zero-order valence-electron chi connectivity index (χ0n) is 9.26. The Morgan fingerprint density at radius 1 is 1.00 bits per heavy atom. The van der Waals surface area contributed by atoms with Crippen molar-refractivity contribution in [3.05, 3.63) is 0 Å². The molecule has 0 aromatic heterocycles. The maximum Gasteiger partial charge on any atom is 0.467 e. The fourth-order valence-corrected chi connectivity index (χ4v) is 4.64. The van der Waals surface area contributed by atoms with Crippen molar-refractivity contribution in [3.8, 4) is 0 Å². The molecule has 0 rings (SSSR count). The van der Waals surface area contributed by atoms with Gasteiger partial charge in [0.15, 0.2) is 17.4 Å². The quantitative estimate of drug-likeness (QED) is 0.620. The SMILES string of the molecule is CC[O][Al]([CH](C)CC)[CH](C)CC.[AlH3]. The van der Waals surface area contributed by atoms with Crippen molar-refractivity contribution in [2.24, 2.45) is 0 Å². The lowest BCUT2D eigenvalue weighted by atomic mass is 10.3. The number of hydrogen-bond acceptors (Lipinski definition) is 1. The molecule has 3 heteroatoms. The summed E-state index contributed by atoms with van der Waals surface area (Å²) in [6.45, 7) is 12.3. The van der Waals surface area contributed by atoms with Gasteiger partial charge in [0, 0.05) is 6.61 Å². The number of hydrogen-bond donors (Lipinski definition) is 0. The molecule has 0 spiro atoms. The highest BCUT2D eigenvalue weighted by Gasteiger charge is 2.31. The predicted molar refractivity (Wildman–Crippen MR) is 66.7 cm³/mol. The molecule has 0 fully saturated rings. The molecule has 0 aliphatic heterocycles. The number of rotatable bonds is 6. The largest absolute Gasteiger partial charge is 0.501 e. The molecule has 0 amide bonds. The van der Waals surface area contributed by atoms with Gasteiger partial charge in [-0.2, -0.15) is 0 Å². The Kier molecular flexibility index (Phi) is 12.1. The molecule has 0 saturated heterocycles. The van der Waals surface area contributed by atoms with E-state index in [1.54, 1.807) is 0 Å². The minimum Gasteiger partial charge on any atom is -0.501 e. The van der Waals surface area contributed by atoms with E-state index in [1.165, 1.54) is 12.8 Å². The molecule has 1 nitrogen and oxygen atoms in total. The summed E-state index contributed by atoms with van der Waals surface area (Å²) in [5, 5.41) is 0. The predicted octanol–water partition coefficient (Wildman–Crippen LogP) is 2.43.